The van der Waals surface area contributed by atoms with Crippen LogP contribution >= 0.6 is 11.6 Å². The van der Waals surface area contributed by atoms with Crippen LogP contribution in [0.1, 0.15) is 34.6 Å². The first-order chi connectivity index (χ1) is 13.6. The van der Waals surface area contributed by atoms with Gasteiger partial charge in [-0.15, -0.1) is 0 Å². The summed E-state index contributed by atoms with van der Waals surface area (Å²) in [6.45, 7) is 2.81. The third kappa shape index (κ3) is 4.78. The summed E-state index contributed by atoms with van der Waals surface area (Å²) in [5.41, 5.74) is -0.222. The van der Waals surface area contributed by atoms with Gasteiger partial charge in [0.1, 0.15) is 33.0 Å². The fourth-order valence-corrected chi connectivity index (χ4v) is 3.65. The van der Waals surface area contributed by atoms with Gasteiger partial charge in [-0.1, -0.05) is 11.6 Å². The second-order valence-corrected chi connectivity index (χ2v) is 8.45. The van der Waals surface area contributed by atoms with Crippen LogP contribution < -0.4 is 5.32 Å². The topological polar surface area (TPSA) is 58.1 Å². The van der Waals surface area contributed by atoms with Gasteiger partial charge in [-0.2, -0.15) is 0 Å². The molecule has 0 atom stereocenters. The van der Waals surface area contributed by atoms with Crippen molar-refractivity contribution in [1.82, 2.24) is 20.2 Å². The number of rotatable bonds is 5. The van der Waals surface area contributed by atoms with Crippen molar-refractivity contribution in [3.05, 3.63) is 58.4 Å². The summed E-state index contributed by atoms with van der Waals surface area (Å²) in [5.74, 6) is -0.240. The molecule has 1 N–H and O–H groups in total. The molecule has 0 bridgehead atoms. The summed E-state index contributed by atoms with van der Waals surface area (Å²) in [6, 6.07) is 3.87. The predicted octanol–water partition coefficient (Wildman–Crippen LogP) is 1.23. The highest BCUT2D eigenvalue weighted by molar-refractivity contribution is 6.41. The third-order valence-electron chi connectivity index (χ3n) is 5.65. The molecule has 0 saturated carbocycles. The van der Waals surface area contributed by atoms with E-state index >= 15 is 4.39 Å². The zero-order valence-corrected chi connectivity index (χ0v) is 17.6. The number of aryl methyl sites for hydroxylation is 1. The Morgan fingerprint density at radius 3 is 2.52 bits per heavy atom. The summed E-state index contributed by atoms with van der Waals surface area (Å²) < 4.78 is 29.1. The van der Waals surface area contributed by atoms with Crippen LogP contribution in [0.15, 0.2) is 30.6 Å². The lowest BCUT2D eigenvalue weighted by atomic mass is 9.51. The Kier molecular flexibility index (Phi) is 6.29. The SMILES string of the molecule is BC(B)(NCc1ncc(C)cn1)C1(F)CCN(C(=O)c2ccc(F)c(Cl)c2)CC1. The molecule has 1 saturated heterocycles. The molecule has 1 fully saturated rings. The van der Waals surface area contributed by atoms with E-state index in [4.69, 9.17) is 11.6 Å². The van der Waals surface area contributed by atoms with Crippen LogP contribution in [0.5, 0.6) is 0 Å². The first-order valence-corrected chi connectivity index (χ1v) is 9.95. The highest BCUT2D eigenvalue weighted by atomic mass is 35.5. The highest BCUT2D eigenvalue weighted by Gasteiger charge is 2.47. The Morgan fingerprint density at radius 1 is 1.31 bits per heavy atom. The molecule has 1 aromatic heterocycles. The predicted molar refractivity (Wildman–Crippen MR) is 114 cm³/mol. The normalized spacial score (nSPS) is 16.6. The second-order valence-electron chi connectivity index (χ2n) is 8.04. The molecule has 1 aliphatic heterocycles. The molecular weight excluding hydrogens is 395 g/mol. The second kappa shape index (κ2) is 8.40. The smallest absolute Gasteiger partial charge is 0.253 e. The van der Waals surface area contributed by atoms with Crippen molar-refractivity contribution in [2.24, 2.45) is 0 Å². The third-order valence-corrected chi connectivity index (χ3v) is 5.94. The molecule has 3 rings (SSSR count). The molecular formula is C19H23B2ClF2N4O. The molecule has 0 aliphatic carbocycles. The number of piperidine rings is 1. The first kappa shape index (κ1) is 21.7. The molecule has 1 aliphatic rings. The maximum atomic E-state index is 15.8. The maximum Gasteiger partial charge on any atom is 0.253 e. The quantitative estimate of drug-likeness (QED) is 0.743. The molecule has 2 aromatic rings. The first-order valence-electron chi connectivity index (χ1n) is 9.57. The molecule has 29 heavy (non-hydrogen) atoms. The van der Waals surface area contributed by atoms with E-state index in [1.54, 1.807) is 17.3 Å². The summed E-state index contributed by atoms with van der Waals surface area (Å²) in [6.07, 6.45) is 3.85. The fraction of sp³-hybridized carbons (Fsp3) is 0.421. The Labute approximate surface area is 176 Å². The van der Waals surface area contributed by atoms with Gasteiger partial charge in [0.2, 0.25) is 0 Å². The largest absolute Gasteiger partial charge is 0.338 e. The van der Waals surface area contributed by atoms with Gasteiger partial charge in [0.25, 0.3) is 5.91 Å². The van der Waals surface area contributed by atoms with Crippen molar-refractivity contribution < 1.29 is 13.6 Å². The molecule has 1 aromatic carbocycles. The minimum absolute atomic E-state index is 0.101. The van der Waals surface area contributed by atoms with Crippen LogP contribution in [-0.2, 0) is 6.54 Å². The Hall–Kier alpha value is -1.99. The van der Waals surface area contributed by atoms with Crippen molar-refractivity contribution in [3.8, 4) is 0 Å². The lowest BCUT2D eigenvalue weighted by molar-refractivity contribution is 0.0291. The monoisotopic (exact) mass is 418 g/mol. The van der Waals surface area contributed by atoms with E-state index < -0.39 is 16.8 Å². The number of nitrogens with one attached hydrogen (secondary N) is 1. The van der Waals surface area contributed by atoms with Crippen LogP contribution in [0.3, 0.4) is 0 Å². The van der Waals surface area contributed by atoms with E-state index in [0.29, 0.717) is 17.9 Å². The van der Waals surface area contributed by atoms with E-state index in [0.717, 1.165) is 5.56 Å². The summed E-state index contributed by atoms with van der Waals surface area (Å²) in [5, 5.41) is 2.31. The molecule has 1 amide bonds. The van der Waals surface area contributed by atoms with Crippen molar-refractivity contribution in [2.45, 2.75) is 37.3 Å². The van der Waals surface area contributed by atoms with Crippen molar-refractivity contribution in [1.29, 1.82) is 0 Å². The van der Waals surface area contributed by atoms with Gasteiger partial charge in [0, 0.05) is 31.0 Å². The Balaban J connectivity index is 1.61. The van der Waals surface area contributed by atoms with Gasteiger partial charge in [-0.25, -0.2) is 18.7 Å². The number of amides is 1. The number of hydrogen-bond donors (Lipinski definition) is 1. The van der Waals surface area contributed by atoms with E-state index in [9.17, 15) is 9.18 Å². The average molecular weight is 418 g/mol. The number of halogens is 3. The minimum Gasteiger partial charge on any atom is -0.338 e. The standard InChI is InChI=1S/C19H23B2ClF2N4O/c1-12-9-25-16(26-10-12)11-27-19(20,21)18(24)4-6-28(7-5-18)17(29)13-2-3-15(23)14(22)8-13/h2-3,8-10,27H,4-7,11,20-21H2,1H3. The molecule has 0 spiro atoms. The van der Waals surface area contributed by atoms with E-state index in [1.807, 2.05) is 22.6 Å². The Morgan fingerprint density at radius 2 is 1.93 bits per heavy atom. The zero-order valence-electron chi connectivity index (χ0n) is 16.8. The number of carbonyl (C=O) groups is 1. The average Bonchev–Trinajstić information content (AvgIpc) is 2.69. The van der Waals surface area contributed by atoms with Crippen LogP contribution in [0.2, 0.25) is 5.02 Å². The van der Waals surface area contributed by atoms with Gasteiger partial charge in [-0.05, 0) is 48.9 Å². The van der Waals surface area contributed by atoms with Crippen LogP contribution in [-0.4, -0.2) is 60.6 Å². The Bertz CT molecular complexity index is 890. The molecule has 152 valence electrons. The fourth-order valence-electron chi connectivity index (χ4n) is 3.47. The van der Waals surface area contributed by atoms with Gasteiger partial charge in [-0.3, -0.25) is 4.79 Å². The molecule has 5 nitrogen and oxygen atoms in total. The number of alkyl halides is 1. The number of benzene rings is 1. The van der Waals surface area contributed by atoms with Crippen molar-refractivity contribution >= 4 is 33.2 Å². The number of carbonyl (C=O) groups excluding carboxylic acids is 1. The molecule has 10 heteroatoms. The van der Waals surface area contributed by atoms with Gasteiger partial charge >= 0.3 is 0 Å². The van der Waals surface area contributed by atoms with Crippen molar-refractivity contribution in [2.75, 3.05) is 13.1 Å². The summed E-state index contributed by atoms with van der Waals surface area (Å²) in [4.78, 5) is 22.7. The van der Waals surface area contributed by atoms with Gasteiger partial charge < -0.3 is 10.2 Å². The lowest BCUT2D eigenvalue weighted by Crippen LogP contribution is -2.65. The number of likely N-dealkylation sites (tertiary alicyclic amines) is 1. The van der Waals surface area contributed by atoms with Gasteiger partial charge in [0.15, 0.2) is 0 Å². The maximum absolute atomic E-state index is 15.8. The molecule has 0 unspecified atom stereocenters. The van der Waals surface area contributed by atoms with Crippen molar-refractivity contribution in [3.63, 3.8) is 0 Å². The van der Waals surface area contributed by atoms with E-state index in [-0.39, 0.29) is 36.9 Å². The van der Waals surface area contributed by atoms with Gasteiger partial charge in [0.05, 0.1) is 11.6 Å². The minimum atomic E-state index is -1.49. The number of aromatic nitrogens is 2. The molecule has 0 radical (unpaired) electrons. The summed E-state index contributed by atoms with van der Waals surface area (Å²) in [7, 11) is 3.64. The zero-order chi connectivity index (χ0) is 21.2. The van der Waals surface area contributed by atoms with Crippen LogP contribution in [0.25, 0.3) is 0 Å². The number of nitrogens with zero attached hydrogens (tertiary/aromatic N) is 3. The number of hydrogen-bond acceptors (Lipinski definition) is 4. The molecule has 2 heterocycles. The lowest BCUT2D eigenvalue weighted by Gasteiger charge is -2.46. The van der Waals surface area contributed by atoms with E-state index in [1.165, 1.54) is 18.2 Å². The summed E-state index contributed by atoms with van der Waals surface area (Å²) >= 11 is 5.77. The van der Waals surface area contributed by atoms with Crippen LogP contribution in [0.4, 0.5) is 8.78 Å². The van der Waals surface area contributed by atoms with E-state index in [2.05, 4.69) is 15.3 Å². The van der Waals surface area contributed by atoms with Crippen LogP contribution in [0, 0.1) is 12.7 Å². The highest BCUT2D eigenvalue weighted by Crippen LogP contribution is 2.34.